The Bertz CT molecular complexity index is 393. The third kappa shape index (κ3) is 4.38. The molecule has 88 valence electrons. The zero-order chi connectivity index (χ0) is 12.1. The lowest BCUT2D eigenvalue weighted by Crippen LogP contribution is -2.41. The molecule has 0 aliphatic carbocycles. The van der Waals surface area contributed by atoms with Gasteiger partial charge in [-0.05, 0) is 19.1 Å². The average Bonchev–Trinajstić information content (AvgIpc) is 2.61. The number of nitrogens with one attached hydrogen (secondary N) is 2. The van der Waals surface area contributed by atoms with E-state index >= 15 is 0 Å². The van der Waals surface area contributed by atoms with E-state index in [4.69, 9.17) is 23.2 Å². The van der Waals surface area contributed by atoms with Crippen molar-refractivity contribution in [1.29, 1.82) is 0 Å². The molecule has 1 atom stereocenters. The number of alkyl halides is 1. The molecule has 1 rings (SSSR count). The molecule has 0 aliphatic rings. The molecule has 4 nitrogen and oxygen atoms in total. The molecule has 1 aromatic heterocycles. The van der Waals surface area contributed by atoms with E-state index in [0.717, 1.165) is 4.88 Å². The van der Waals surface area contributed by atoms with Gasteiger partial charge in [-0.25, -0.2) is 4.79 Å². The second-order valence-electron chi connectivity index (χ2n) is 2.99. The number of halogens is 2. The largest absolute Gasteiger partial charge is 0.333 e. The summed E-state index contributed by atoms with van der Waals surface area (Å²) in [6.45, 7) is 1.82. The van der Waals surface area contributed by atoms with Crippen LogP contribution in [0.15, 0.2) is 12.1 Å². The van der Waals surface area contributed by atoms with E-state index in [9.17, 15) is 9.59 Å². The highest BCUT2D eigenvalue weighted by Crippen LogP contribution is 2.20. The minimum absolute atomic E-state index is 0.327. The maximum atomic E-state index is 11.2. The third-order valence-electron chi connectivity index (χ3n) is 1.65. The molecule has 3 amide bonds. The Kier molecular flexibility index (Phi) is 5.05. The fourth-order valence-electron chi connectivity index (χ4n) is 0.870. The number of thiophene rings is 1. The van der Waals surface area contributed by atoms with Crippen molar-refractivity contribution in [3.05, 3.63) is 21.3 Å². The van der Waals surface area contributed by atoms with Gasteiger partial charge in [0.25, 0.3) is 0 Å². The van der Waals surface area contributed by atoms with Crippen LogP contribution in [0.2, 0.25) is 4.34 Å². The SMILES string of the molecule is CC(Cl)C(=O)NC(=O)NCc1ccc(Cl)s1. The van der Waals surface area contributed by atoms with Crippen LogP contribution in [-0.2, 0) is 11.3 Å². The molecule has 0 radical (unpaired) electrons. The van der Waals surface area contributed by atoms with Gasteiger partial charge in [0.2, 0.25) is 5.91 Å². The van der Waals surface area contributed by atoms with Crippen molar-refractivity contribution in [1.82, 2.24) is 10.6 Å². The Morgan fingerprint density at radius 3 is 2.69 bits per heavy atom. The van der Waals surface area contributed by atoms with Crippen molar-refractivity contribution in [3.8, 4) is 0 Å². The Labute approximate surface area is 107 Å². The summed E-state index contributed by atoms with van der Waals surface area (Å²) in [6.07, 6.45) is 0. The van der Waals surface area contributed by atoms with Crippen LogP contribution in [-0.4, -0.2) is 17.3 Å². The summed E-state index contributed by atoms with van der Waals surface area (Å²) < 4.78 is 0.655. The van der Waals surface area contributed by atoms with Crippen LogP contribution in [0.25, 0.3) is 0 Å². The molecule has 1 unspecified atom stereocenters. The van der Waals surface area contributed by atoms with E-state index in [0.29, 0.717) is 10.9 Å². The molecule has 2 N–H and O–H groups in total. The number of amides is 3. The van der Waals surface area contributed by atoms with E-state index < -0.39 is 17.3 Å². The first-order valence-electron chi connectivity index (χ1n) is 4.46. The van der Waals surface area contributed by atoms with E-state index in [-0.39, 0.29) is 0 Å². The van der Waals surface area contributed by atoms with Crippen LogP contribution in [0, 0.1) is 0 Å². The number of rotatable bonds is 3. The van der Waals surface area contributed by atoms with Crippen molar-refractivity contribution in [2.45, 2.75) is 18.8 Å². The predicted molar refractivity (Wildman–Crippen MR) is 65.0 cm³/mol. The van der Waals surface area contributed by atoms with Crippen LogP contribution in [0.5, 0.6) is 0 Å². The lowest BCUT2D eigenvalue weighted by molar-refractivity contribution is -0.119. The standard InChI is InChI=1S/C9H10Cl2N2O2S/c1-5(10)8(14)13-9(15)12-4-6-2-3-7(11)16-6/h2-3,5H,4H2,1H3,(H2,12,13,14,15). The van der Waals surface area contributed by atoms with E-state index in [2.05, 4.69) is 10.6 Å². The van der Waals surface area contributed by atoms with Crippen molar-refractivity contribution in [3.63, 3.8) is 0 Å². The molecular weight excluding hydrogens is 271 g/mol. The van der Waals surface area contributed by atoms with Crippen LogP contribution < -0.4 is 10.6 Å². The average molecular weight is 281 g/mol. The third-order valence-corrected chi connectivity index (χ3v) is 3.08. The number of carbonyl (C=O) groups is 2. The summed E-state index contributed by atoms with van der Waals surface area (Å²) in [5.41, 5.74) is 0. The van der Waals surface area contributed by atoms with Gasteiger partial charge < -0.3 is 5.32 Å². The first-order chi connectivity index (χ1) is 7.49. The normalized spacial score (nSPS) is 11.9. The first-order valence-corrected chi connectivity index (χ1v) is 6.09. The molecule has 7 heteroatoms. The lowest BCUT2D eigenvalue weighted by atomic mass is 10.4. The van der Waals surface area contributed by atoms with Crippen molar-refractivity contribution < 1.29 is 9.59 Å². The van der Waals surface area contributed by atoms with Gasteiger partial charge in [0, 0.05) is 4.88 Å². The molecule has 0 aliphatic heterocycles. The summed E-state index contributed by atoms with van der Waals surface area (Å²) in [5, 5.41) is 3.89. The highest BCUT2D eigenvalue weighted by Gasteiger charge is 2.12. The zero-order valence-electron chi connectivity index (χ0n) is 8.42. The Morgan fingerprint density at radius 2 is 2.19 bits per heavy atom. The van der Waals surface area contributed by atoms with Gasteiger partial charge in [-0.3, -0.25) is 10.1 Å². The fourth-order valence-corrected chi connectivity index (χ4v) is 1.95. The topological polar surface area (TPSA) is 58.2 Å². The molecule has 0 saturated heterocycles. The Hall–Kier alpha value is -0.780. The van der Waals surface area contributed by atoms with Gasteiger partial charge in [-0.2, -0.15) is 0 Å². The van der Waals surface area contributed by atoms with Gasteiger partial charge in [-0.15, -0.1) is 22.9 Å². The minimum Gasteiger partial charge on any atom is -0.333 e. The molecule has 16 heavy (non-hydrogen) atoms. The summed E-state index contributed by atoms with van der Waals surface area (Å²) in [5.74, 6) is -0.525. The van der Waals surface area contributed by atoms with E-state index in [1.165, 1.54) is 18.3 Å². The maximum absolute atomic E-state index is 11.2. The van der Waals surface area contributed by atoms with Crippen molar-refractivity contribution >= 4 is 46.5 Å². The molecule has 0 saturated carbocycles. The van der Waals surface area contributed by atoms with Gasteiger partial charge in [-0.1, -0.05) is 11.6 Å². The van der Waals surface area contributed by atoms with Crippen LogP contribution >= 0.6 is 34.5 Å². The van der Waals surface area contributed by atoms with Crippen molar-refractivity contribution in [2.24, 2.45) is 0 Å². The summed E-state index contributed by atoms with van der Waals surface area (Å²) in [4.78, 5) is 23.2. The highest BCUT2D eigenvalue weighted by atomic mass is 35.5. The molecule has 0 spiro atoms. The van der Waals surface area contributed by atoms with Crippen LogP contribution in [0.1, 0.15) is 11.8 Å². The molecule has 1 aromatic rings. The fraction of sp³-hybridized carbons (Fsp3) is 0.333. The van der Waals surface area contributed by atoms with Crippen LogP contribution in [0.4, 0.5) is 4.79 Å². The maximum Gasteiger partial charge on any atom is 0.321 e. The summed E-state index contributed by atoms with van der Waals surface area (Å²) in [6, 6.07) is 2.98. The van der Waals surface area contributed by atoms with Gasteiger partial charge in [0.05, 0.1) is 10.9 Å². The van der Waals surface area contributed by atoms with Crippen molar-refractivity contribution in [2.75, 3.05) is 0 Å². The van der Waals surface area contributed by atoms with E-state index in [1.54, 1.807) is 12.1 Å². The summed E-state index contributed by atoms with van der Waals surface area (Å²) >= 11 is 12.6. The quantitative estimate of drug-likeness (QED) is 0.835. The van der Waals surface area contributed by atoms with Gasteiger partial charge in [0.1, 0.15) is 5.38 Å². The summed E-state index contributed by atoms with van der Waals surface area (Å²) in [7, 11) is 0. The van der Waals surface area contributed by atoms with Gasteiger partial charge >= 0.3 is 6.03 Å². The number of urea groups is 1. The molecule has 0 bridgehead atoms. The second kappa shape index (κ2) is 6.08. The van der Waals surface area contributed by atoms with Gasteiger partial charge in [0.15, 0.2) is 0 Å². The Morgan fingerprint density at radius 1 is 1.50 bits per heavy atom. The lowest BCUT2D eigenvalue weighted by Gasteiger charge is -2.06. The number of hydrogen-bond acceptors (Lipinski definition) is 3. The monoisotopic (exact) mass is 280 g/mol. The molecule has 0 aromatic carbocycles. The minimum atomic E-state index is -0.734. The highest BCUT2D eigenvalue weighted by molar-refractivity contribution is 7.16. The first kappa shape index (κ1) is 13.3. The number of hydrogen-bond donors (Lipinski definition) is 2. The smallest absolute Gasteiger partial charge is 0.321 e. The Balaban J connectivity index is 2.33. The zero-order valence-corrected chi connectivity index (χ0v) is 10.7. The van der Waals surface area contributed by atoms with E-state index in [1.807, 2.05) is 0 Å². The molecule has 0 fully saturated rings. The second-order valence-corrected chi connectivity index (χ2v) is 5.45. The van der Waals surface area contributed by atoms with Crippen LogP contribution in [0.3, 0.4) is 0 Å². The number of carbonyl (C=O) groups excluding carboxylic acids is 2. The molecule has 1 heterocycles. The predicted octanol–water partition coefficient (Wildman–Crippen LogP) is 2.35. The molecular formula is C9H10Cl2N2O2S. The number of imide groups is 1.